The first kappa shape index (κ1) is 32.5. The van der Waals surface area contributed by atoms with Crippen LogP contribution in [-0.2, 0) is 29.0 Å². The fourth-order valence-corrected chi connectivity index (χ4v) is 6.23. The number of carbonyl (C=O) groups is 2. The van der Waals surface area contributed by atoms with Crippen LogP contribution in [0.1, 0.15) is 63.4 Å². The largest absolute Gasteiger partial charge is 0.391 e. The van der Waals surface area contributed by atoms with Gasteiger partial charge >= 0.3 is 0 Å². The summed E-state index contributed by atoms with van der Waals surface area (Å²) in [5.74, 6) is -2.58. The number of hydrogen-bond acceptors (Lipinski definition) is 7. The molecular formula is C30H41F2N5O3S. The zero-order chi connectivity index (χ0) is 30.2. The lowest BCUT2D eigenvalue weighted by atomic mass is 9.63. The van der Waals surface area contributed by atoms with Crippen molar-refractivity contribution in [2.45, 2.75) is 72.4 Å². The summed E-state index contributed by atoms with van der Waals surface area (Å²) in [6, 6.07) is 3.14. The number of nitrogens with two attached hydrogens (primary N) is 1. The molecule has 0 radical (unpaired) electrons. The molecule has 0 aliphatic heterocycles. The molecule has 1 aromatic heterocycles. The number of primary amides is 1. The minimum Gasteiger partial charge on any atom is -0.391 e. The van der Waals surface area contributed by atoms with Crippen LogP contribution in [-0.4, -0.2) is 56.9 Å². The van der Waals surface area contributed by atoms with Crippen LogP contribution in [0.25, 0.3) is 0 Å². The monoisotopic (exact) mass is 589 g/mol. The van der Waals surface area contributed by atoms with Crippen molar-refractivity contribution >= 4 is 23.3 Å². The Hall–Kier alpha value is -3.02. The van der Waals surface area contributed by atoms with E-state index in [1.165, 1.54) is 23.7 Å². The van der Waals surface area contributed by atoms with Crippen LogP contribution in [0.2, 0.25) is 0 Å². The summed E-state index contributed by atoms with van der Waals surface area (Å²) in [4.78, 5) is 33.1. The van der Waals surface area contributed by atoms with Gasteiger partial charge < -0.3 is 21.1 Å². The summed E-state index contributed by atoms with van der Waals surface area (Å²) in [7, 11) is 0. The zero-order valence-corrected chi connectivity index (χ0v) is 25.1. The lowest BCUT2D eigenvalue weighted by Crippen LogP contribution is -2.51. The number of nitrogens with zero attached hydrogens (tertiary/aromatic N) is 3. The van der Waals surface area contributed by atoms with E-state index < -0.39 is 35.0 Å². The Balaban J connectivity index is 1.97. The lowest BCUT2D eigenvalue weighted by Gasteiger charge is -2.42. The van der Waals surface area contributed by atoms with Crippen LogP contribution in [0.4, 0.5) is 8.78 Å². The molecule has 0 bridgehead atoms. The Morgan fingerprint density at radius 3 is 2.39 bits per heavy atom. The molecule has 4 N–H and O–H groups in total. The predicted octanol–water partition coefficient (Wildman–Crippen LogP) is 4.08. The molecule has 1 aliphatic carbocycles. The van der Waals surface area contributed by atoms with Gasteiger partial charge in [-0.3, -0.25) is 9.59 Å². The van der Waals surface area contributed by atoms with Crippen LogP contribution in [0.15, 0.2) is 41.5 Å². The molecular weight excluding hydrogens is 548 g/mol. The molecule has 1 unspecified atom stereocenters. The minimum atomic E-state index is -1.48. The van der Waals surface area contributed by atoms with Crippen LogP contribution in [0.3, 0.4) is 0 Å². The smallest absolute Gasteiger partial charge is 0.249 e. The highest BCUT2D eigenvalue weighted by Gasteiger charge is 2.48. The molecule has 11 heteroatoms. The highest BCUT2D eigenvalue weighted by atomic mass is 32.1. The van der Waals surface area contributed by atoms with Gasteiger partial charge in [-0.15, -0.1) is 0 Å². The number of halogens is 2. The van der Waals surface area contributed by atoms with E-state index in [0.29, 0.717) is 37.2 Å². The molecule has 1 aliphatic rings. The lowest BCUT2D eigenvalue weighted by molar-refractivity contribution is -0.132. The molecule has 2 aromatic rings. The second-order valence-electron chi connectivity index (χ2n) is 10.7. The molecule has 0 saturated heterocycles. The van der Waals surface area contributed by atoms with Crippen molar-refractivity contribution < 1.29 is 23.5 Å². The fourth-order valence-electron chi connectivity index (χ4n) is 5.53. The van der Waals surface area contributed by atoms with Gasteiger partial charge in [0.15, 0.2) is 0 Å². The summed E-state index contributed by atoms with van der Waals surface area (Å²) in [5, 5.41) is 15.5. The van der Waals surface area contributed by atoms with Gasteiger partial charge in [-0.05, 0) is 61.8 Å². The average Bonchev–Trinajstić information content (AvgIpc) is 3.38. The van der Waals surface area contributed by atoms with Crippen molar-refractivity contribution in [2.24, 2.45) is 17.1 Å². The Morgan fingerprint density at radius 2 is 1.83 bits per heavy atom. The number of nitrogens with one attached hydrogen (secondary N) is 1. The Labute approximate surface area is 244 Å². The molecule has 0 fully saturated rings. The Bertz CT molecular complexity index is 1250. The van der Waals surface area contributed by atoms with E-state index in [-0.39, 0.29) is 30.9 Å². The third kappa shape index (κ3) is 8.27. The maximum absolute atomic E-state index is 14.2. The number of allylic oxidation sites excluding steroid dienone is 2. The number of amides is 2. The van der Waals surface area contributed by atoms with E-state index in [4.69, 9.17) is 5.73 Å². The summed E-state index contributed by atoms with van der Waals surface area (Å²) in [6.07, 6.45) is 4.48. The minimum absolute atomic E-state index is 0.0295. The molecule has 1 aromatic carbocycles. The normalized spacial score (nSPS) is 18.4. The molecule has 41 heavy (non-hydrogen) atoms. The number of carbonyl (C=O) groups excluding carboxylic acids is 2. The Morgan fingerprint density at radius 1 is 1.17 bits per heavy atom. The topological polar surface area (TPSA) is 121 Å². The van der Waals surface area contributed by atoms with Gasteiger partial charge in [0.05, 0.1) is 11.5 Å². The first-order valence-electron chi connectivity index (χ1n) is 14.2. The van der Waals surface area contributed by atoms with Crippen LogP contribution in [0.5, 0.6) is 0 Å². The van der Waals surface area contributed by atoms with Gasteiger partial charge in [0.25, 0.3) is 0 Å². The number of aromatic nitrogens is 2. The van der Waals surface area contributed by atoms with Crippen LogP contribution in [0, 0.1) is 23.0 Å². The number of aliphatic hydroxyl groups is 1. The second kappa shape index (κ2) is 14.7. The highest BCUT2D eigenvalue weighted by molar-refractivity contribution is 7.05. The van der Waals surface area contributed by atoms with E-state index in [0.717, 1.165) is 29.7 Å². The van der Waals surface area contributed by atoms with Crippen molar-refractivity contribution in [2.75, 3.05) is 19.6 Å². The van der Waals surface area contributed by atoms with E-state index >= 15 is 0 Å². The van der Waals surface area contributed by atoms with E-state index in [9.17, 15) is 23.5 Å². The third-order valence-corrected chi connectivity index (χ3v) is 8.09. The number of aliphatic hydroxyl groups excluding tert-OH is 1. The number of hydrogen-bond donors (Lipinski definition) is 3. The van der Waals surface area contributed by atoms with E-state index in [1.54, 1.807) is 24.0 Å². The number of benzene rings is 1. The van der Waals surface area contributed by atoms with Crippen molar-refractivity contribution in [3.8, 4) is 0 Å². The Kier molecular flexibility index (Phi) is 11.7. The number of aryl methyl sites for hydroxylation is 1. The van der Waals surface area contributed by atoms with Gasteiger partial charge in [-0.25, -0.2) is 13.8 Å². The standard InChI is InChI=1S/C30H41F2N5O3S/c1-5-8-37(9-6-2)28(39)21-10-19(4)15-30(16-21,29(33)40)24(13-20-11-22(31)14-23(32)12-20)25(38)17-34-18-27-35-26(7-3)36-41-27/h10-12,14-15,24-25,34,38H,5-9,13,16-18H2,1-4H3,(H2,33,40)/t24-,25+,30?/m1/s1. The molecule has 3 rings (SSSR count). The van der Waals surface area contributed by atoms with Crippen molar-refractivity contribution in [1.82, 2.24) is 19.6 Å². The molecule has 8 nitrogen and oxygen atoms in total. The molecule has 2 amide bonds. The van der Waals surface area contributed by atoms with Crippen LogP contribution >= 0.6 is 11.5 Å². The zero-order valence-electron chi connectivity index (χ0n) is 24.3. The summed E-state index contributed by atoms with van der Waals surface area (Å²) in [6.45, 7) is 9.26. The SMILES string of the molecule is CCCN(CCC)C(=O)C1=CC(C)=CC(C(N)=O)([C@H](Cc2cc(F)cc(F)c2)[C@@H](O)CNCc2nc(CC)ns2)C1. The molecule has 0 spiro atoms. The van der Waals surface area contributed by atoms with E-state index in [1.807, 2.05) is 20.8 Å². The van der Waals surface area contributed by atoms with Gasteiger partial charge in [0, 0.05) is 50.2 Å². The fraction of sp³-hybridized carbons (Fsp3) is 0.533. The maximum Gasteiger partial charge on any atom is 0.249 e. The van der Waals surface area contributed by atoms with Crippen molar-refractivity contribution in [3.05, 3.63) is 69.5 Å². The molecule has 0 saturated carbocycles. The van der Waals surface area contributed by atoms with Crippen molar-refractivity contribution in [3.63, 3.8) is 0 Å². The molecule has 224 valence electrons. The first-order valence-corrected chi connectivity index (χ1v) is 14.9. The first-order chi connectivity index (χ1) is 19.5. The molecule has 1 heterocycles. The maximum atomic E-state index is 14.2. The average molecular weight is 590 g/mol. The summed E-state index contributed by atoms with van der Waals surface area (Å²) < 4.78 is 32.6. The van der Waals surface area contributed by atoms with Crippen LogP contribution < -0.4 is 11.1 Å². The van der Waals surface area contributed by atoms with Gasteiger partial charge in [0.1, 0.15) is 22.5 Å². The third-order valence-electron chi connectivity index (χ3n) is 7.34. The van der Waals surface area contributed by atoms with Gasteiger partial charge in [0.2, 0.25) is 11.8 Å². The predicted molar refractivity (Wildman–Crippen MR) is 156 cm³/mol. The van der Waals surface area contributed by atoms with Gasteiger partial charge in [-0.2, -0.15) is 4.37 Å². The van der Waals surface area contributed by atoms with Gasteiger partial charge in [-0.1, -0.05) is 38.5 Å². The van der Waals surface area contributed by atoms with E-state index in [2.05, 4.69) is 14.7 Å². The summed E-state index contributed by atoms with van der Waals surface area (Å²) >= 11 is 1.26. The quantitative estimate of drug-likeness (QED) is 0.288. The number of rotatable bonds is 15. The second-order valence-corrected chi connectivity index (χ2v) is 11.5. The summed E-state index contributed by atoms with van der Waals surface area (Å²) in [5.41, 5.74) is 5.95. The highest BCUT2D eigenvalue weighted by Crippen LogP contribution is 2.44. The van der Waals surface area contributed by atoms with Crippen molar-refractivity contribution in [1.29, 1.82) is 0 Å². The molecule has 3 atom stereocenters.